The van der Waals surface area contributed by atoms with Crippen LogP contribution in [0.15, 0.2) is 206 Å². The van der Waals surface area contributed by atoms with E-state index in [-0.39, 0.29) is 12.0 Å². The second-order valence-electron chi connectivity index (χ2n) is 15.5. The average molecular weight is 725 g/mol. The molecule has 10 aromatic carbocycles. The maximum Gasteiger partial charge on any atom is 0.132 e. The Bertz CT molecular complexity index is 3320. The summed E-state index contributed by atoms with van der Waals surface area (Å²) in [5, 5.41) is 12.4. The Morgan fingerprint density at radius 3 is 1.74 bits per heavy atom. The van der Waals surface area contributed by atoms with Crippen LogP contribution in [0, 0.1) is 0 Å². The van der Waals surface area contributed by atoms with Crippen molar-refractivity contribution in [1.29, 1.82) is 0 Å². The van der Waals surface area contributed by atoms with E-state index in [4.69, 9.17) is 4.74 Å². The summed E-state index contributed by atoms with van der Waals surface area (Å²) in [4.78, 5) is 0. The first-order valence-corrected chi connectivity index (χ1v) is 19.9. The van der Waals surface area contributed by atoms with E-state index in [1.807, 2.05) is 0 Å². The topological polar surface area (TPSA) is 9.23 Å². The van der Waals surface area contributed by atoms with E-state index in [2.05, 4.69) is 206 Å². The number of rotatable bonds is 4. The molecule has 0 bridgehead atoms. The third kappa shape index (κ3) is 5.02. The first kappa shape index (κ1) is 32.1. The highest BCUT2D eigenvalue weighted by molar-refractivity contribution is 6.22. The lowest BCUT2D eigenvalue weighted by molar-refractivity contribution is 0.270. The lowest BCUT2D eigenvalue weighted by Crippen LogP contribution is -2.15. The number of hydrogen-bond donors (Lipinski definition) is 0. The summed E-state index contributed by atoms with van der Waals surface area (Å²) >= 11 is 0. The Labute approximate surface area is 331 Å². The summed E-state index contributed by atoms with van der Waals surface area (Å²) in [6.07, 6.45) is 8.75. The number of ether oxygens (including phenoxy) is 1. The second kappa shape index (κ2) is 12.7. The third-order valence-corrected chi connectivity index (χ3v) is 12.4. The third-order valence-electron chi connectivity index (χ3n) is 12.4. The summed E-state index contributed by atoms with van der Waals surface area (Å²) in [6, 6.07) is 67.3. The average Bonchev–Trinajstić information content (AvgIpc) is 3.65. The molecule has 0 fully saturated rings. The normalized spacial score (nSPS) is 15.7. The van der Waals surface area contributed by atoms with Crippen LogP contribution in [-0.2, 0) is 0 Å². The van der Waals surface area contributed by atoms with Gasteiger partial charge < -0.3 is 4.74 Å². The molecule has 2 unspecified atom stereocenters. The summed E-state index contributed by atoms with van der Waals surface area (Å²) in [5.74, 6) is 1.20. The van der Waals surface area contributed by atoms with E-state index in [0.717, 1.165) is 11.3 Å². The number of allylic oxidation sites excluding steroid dienone is 2. The van der Waals surface area contributed by atoms with Gasteiger partial charge in [0.1, 0.15) is 11.9 Å². The Balaban J connectivity index is 1.14. The minimum Gasteiger partial charge on any atom is -0.484 e. The van der Waals surface area contributed by atoms with Gasteiger partial charge in [0.25, 0.3) is 0 Å². The van der Waals surface area contributed by atoms with Crippen molar-refractivity contribution in [3.8, 4) is 50.3 Å². The van der Waals surface area contributed by atoms with Crippen molar-refractivity contribution in [2.45, 2.75) is 12.0 Å². The van der Waals surface area contributed by atoms with E-state index in [0.29, 0.717) is 0 Å². The Morgan fingerprint density at radius 2 is 0.912 bits per heavy atom. The molecule has 2 atom stereocenters. The molecule has 1 aliphatic carbocycles. The quantitative estimate of drug-likeness (QED) is 0.164. The number of hydrogen-bond acceptors (Lipinski definition) is 1. The Kier molecular flexibility index (Phi) is 7.12. The lowest BCUT2D eigenvalue weighted by atomic mass is 9.83. The van der Waals surface area contributed by atoms with Gasteiger partial charge in [-0.1, -0.05) is 182 Å². The molecule has 0 radical (unpaired) electrons. The minimum absolute atomic E-state index is 0.000258. The van der Waals surface area contributed by atoms with Gasteiger partial charge in [-0.3, -0.25) is 0 Å². The second-order valence-corrected chi connectivity index (χ2v) is 15.5. The van der Waals surface area contributed by atoms with E-state index >= 15 is 0 Å². The van der Waals surface area contributed by atoms with Crippen molar-refractivity contribution >= 4 is 53.9 Å². The van der Waals surface area contributed by atoms with Crippen LogP contribution >= 0.6 is 0 Å². The molecule has 1 heterocycles. The molecule has 10 aromatic rings. The molecule has 1 heteroatoms. The SMILES string of the molecule is C1=CC2Oc3c(cc4ccccc4c3-c3ccc4c(-c5ccc6ccccc6c5)c5ccccc5c(-c5ccc(-c6cccc7ccccc67)cc5)c4c3)C2C=C1. The molecule has 266 valence electrons. The molecule has 0 aromatic heterocycles. The van der Waals surface area contributed by atoms with Gasteiger partial charge in [-0.25, -0.2) is 0 Å². The lowest BCUT2D eigenvalue weighted by Gasteiger charge is -2.20. The number of fused-ring (bicyclic) bond motifs is 8. The predicted molar refractivity (Wildman–Crippen MR) is 241 cm³/mol. The first-order chi connectivity index (χ1) is 28.3. The van der Waals surface area contributed by atoms with E-state index < -0.39 is 0 Å². The predicted octanol–water partition coefficient (Wildman–Crippen LogP) is 15.1. The van der Waals surface area contributed by atoms with Crippen LogP contribution in [0.2, 0.25) is 0 Å². The van der Waals surface area contributed by atoms with E-state index in [1.54, 1.807) is 0 Å². The molecule has 0 saturated carbocycles. The molecule has 0 N–H and O–H groups in total. The molecule has 1 nitrogen and oxygen atoms in total. The minimum atomic E-state index is 0.000258. The van der Waals surface area contributed by atoms with Gasteiger partial charge in [0, 0.05) is 17.0 Å². The monoisotopic (exact) mass is 724 g/mol. The molecule has 12 rings (SSSR count). The van der Waals surface area contributed by atoms with Crippen molar-refractivity contribution in [1.82, 2.24) is 0 Å². The van der Waals surface area contributed by atoms with Crippen molar-refractivity contribution in [2.24, 2.45) is 0 Å². The Morgan fingerprint density at radius 1 is 0.333 bits per heavy atom. The van der Waals surface area contributed by atoms with Crippen LogP contribution in [-0.4, -0.2) is 6.10 Å². The zero-order chi connectivity index (χ0) is 37.5. The van der Waals surface area contributed by atoms with Crippen LogP contribution in [0.4, 0.5) is 0 Å². The highest BCUT2D eigenvalue weighted by Crippen LogP contribution is 2.52. The molecule has 57 heavy (non-hydrogen) atoms. The molecule has 1 aliphatic heterocycles. The van der Waals surface area contributed by atoms with Gasteiger partial charge in [0.2, 0.25) is 0 Å². The summed E-state index contributed by atoms with van der Waals surface area (Å²) < 4.78 is 6.88. The van der Waals surface area contributed by atoms with Gasteiger partial charge in [0.15, 0.2) is 0 Å². The highest BCUT2D eigenvalue weighted by Gasteiger charge is 2.35. The maximum atomic E-state index is 6.88. The molecular weight excluding hydrogens is 689 g/mol. The van der Waals surface area contributed by atoms with Crippen molar-refractivity contribution in [3.05, 3.63) is 212 Å². The molecule has 0 spiro atoms. The van der Waals surface area contributed by atoms with Crippen LogP contribution < -0.4 is 4.74 Å². The van der Waals surface area contributed by atoms with Crippen LogP contribution in [0.25, 0.3) is 98.4 Å². The van der Waals surface area contributed by atoms with Gasteiger partial charge in [-0.2, -0.15) is 0 Å². The van der Waals surface area contributed by atoms with Crippen LogP contribution in [0.3, 0.4) is 0 Å². The largest absolute Gasteiger partial charge is 0.484 e. The smallest absolute Gasteiger partial charge is 0.132 e. The number of benzene rings is 10. The van der Waals surface area contributed by atoms with Gasteiger partial charge in [-0.15, -0.1) is 0 Å². The van der Waals surface area contributed by atoms with Crippen molar-refractivity contribution < 1.29 is 4.74 Å². The summed E-state index contributed by atoms with van der Waals surface area (Å²) in [5.41, 5.74) is 11.0. The maximum absolute atomic E-state index is 6.88. The molecule has 0 amide bonds. The summed E-state index contributed by atoms with van der Waals surface area (Å²) in [7, 11) is 0. The fourth-order valence-corrected chi connectivity index (χ4v) is 9.72. The standard InChI is InChI=1S/C56H36O/c1-2-14-39-32-41(29-24-35(39)12-1)54-48-21-8-7-20-47(48)53(38-27-25-37(26-28-38)44-22-11-16-36-13-3-5-17-43(36)44)50-34-42(30-31-49(50)54)55-45-18-6-4-15-40(45)33-51-46-19-9-10-23-52(46)57-56(51)55/h1-34,46,52H. The zero-order valence-electron chi connectivity index (χ0n) is 31.2. The van der Waals surface area contributed by atoms with E-state index in [1.165, 1.54) is 98.4 Å². The highest BCUT2D eigenvalue weighted by atomic mass is 16.5. The molecule has 0 saturated heterocycles. The van der Waals surface area contributed by atoms with Gasteiger partial charge in [0.05, 0.1) is 0 Å². The van der Waals surface area contributed by atoms with Gasteiger partial charge >= 0.3 is 0 Å². The van der Waals surface area contributed by atoms with Crippen molar-refractivity contribution in [2.75, 3.05) is 0 Å². The van der Waals surface area contributed by atoms with Gasteiger partial charge in [-0.05, 0) is 117 Å². The fraction of sp³-hybridized carbons (Fsp3) is 0.0357. The fourth-order valence-electron chi connectivity index (χ4n) is 9.72. The van der Waals surface area contributed by atoms with E-state index in [9.17, 15) is 0 Å². The van der Waals surface area contributed by atoms with Crippen LogP contribution in [0.1, 0.15) is 11.5 Å². The van der Waals surface area contributed by atoms with Crippen molar-refractivity contribution in [3.63, 3.8) is 0 Å². The molecule has 2 aliphatic rings. The first-order valence-electron chi connectivity index (χ1n) is 19.9. The summed E-state index contributed by atoms with van der Waals surface area (Å²) in [6.45, 7) is 0. The Hall–Kier alpha value is -7.22. The molecular formula is C56H36O. The zero-order valence-corrected chi connectivity index (χ0v) is 31.2. The van der Waals surface area contributed by atoms with Crippen LogP contribution in [0.5, 0.6) is 5.75 Å².